The number of hydrogen-bond acceptors (Lipinski definition) is 3. The fourth-order valence-corrected chi connectivity index (χ4v) is 2.28. The van der Waals surface area contributed by atoms with Gasteiger partial charge in [0.15, 0.2) is 5.76 Å². The molecule has 1 heterocycles. The number of carboxylic acid groups (broad SMARTS) is 1. The van der Waals surface area contributed by atoms with Gasteiger partial charge in [-0.2, -0.15) is 13.2 Å². The zero-order valence-corrected chi connectivity index (χ0v) is 12.7. The summed E-state index contributed by atoms with van der Waals surface area (Å²) in [5, 5.41) is 9.06. The second-order valence-electron chi connectivity index (χ2n) is 5.67. The second kappa shape index (κ2) is 6.64. The fourth-order valence-electron chi connectivity index (χ4n) is 2.28. The van der Waals surface area contributed by atoms with Gasteiger partial charge in [0.25, 0.3) is 5.91 Å². The third kappa shape index (κ3) is 4.74. The normalized spacial score (nSPS) is 14.8. The van der Waals surface area contributed by atoms with Gasteiger partial charge in [0, 0.05) is 25.6 Å². The molecule has 1 N–H and O–H groups in total. The predicted molar refractivity (Wildman–Crippen MR) is 74.3 cm³/mol. The van der Waals surface area contributed by atoms with Gasteiger partial charge in [-0.15, -0.1) is 0 Å². The minimum atomic E-state index is -4.36. The molecule has 1 fully saturated rings. The lowest BCUT2D eigenvalue weighted by Gasteiger charge is -2.22. The van der Waals surface area contributed by atoms with E-state index in [1.807, 2.05) is 0 Å². The first-order chi connectivity index (χ1) is 10.7. The van der Waals surface area contributed by atoms with Gasteiger partial charge in [0.2, 0.25) is 0 Å². The maximum absolute atomic E-state index is 12.4. The first kappa shape index (κ1) is 17.4. The van der Waals surface area contributed by atoms with E-state index in [0.717, 1.165) is 23.8 Å². The quantitative estimate of drug-likeness (QED) is 0.831. The first-order valence-corrected chi connectivity index (χ1v) is 7.43. The Kier molecular flexibility index (Phi) is 5.01. The number of carbonyl (C=O) groups is 2. The van der Waals surface area contributed by atoms with Crippen molar-refractivity contribution in [3.63, 3.8) is 0 Å². The summed E-state index contributed by atoms with van der Waals surface area (Å²) in [6.45, 7) is 1.45. The number of aromatic carboxylic acids is 1. The summed E-state index contributed by atoms with van der Waals surface area (Å²) in [5.74, 6) is -1.78. The summed E-state index contributed by atoms with van der Waals surface area (Å²) in [6, 6.07) is 1.09. The number of aryl methyl sites for hydroxylation is 1. The Morgan fingerprint density at radius 2 is 2.04 bits per heavy atom. The number of alkyl halides is 3. The molecule has 0 saturated heterocycles. The van der Waals surface area contributed by atoms with E-state index in [1.54, 1.807) is 6.92 Å². The molecule has 2 rings (SSSR count). The molecule has 1 aliphatic carbocycles. The summed E-state index contributed by atoms with van der Waals surface area (Å²) in [7, 11) is 0. The van der Waals surface area contributed by atoms with Crippen LogP contribution in [0.4, 0.5) is 13.2 Å². The average molecular weight is 333 g/mol. The Morgan fingerprint density at radius 1 is 1.39 bits per heavy atom. The lowest BCUT2D eigenvalue weighted by atomic mass is 10.2. The van der Waals surface area contributed by atoms with E-state index in [9.17, 15) is 22.8 Å². The van der Waals surface area contributed by atoms with Crippen molar-refractivity contribution in [2.24, 2.45) is 5.92 Å². The number of carbonyl (C=O) groups excluding carboxylic acids is 1. The van der Waals surface area contributed by atoms with Crippen LogP contribution in [0.25, 0.3) is 0 Å². The molecule has 8 heteroatoms. The minimum absolute atomic E-state index is 0.127. The Balaban J connectivity index is 2.16. The predicted octanol–water partition coefficient (Wildman–Crippen LogP) is 3.34. The van der Waals surface area contributed by atoms with Gasteiger partial charge in [0.1, 0.15) is 11.3 Å². The van der Waals surface area contributed by atoms with Gasteiger partial charge in [0.05, 0.1) is 6.42 Å². The zero-order chi connectivity index (χ0) is 17.2. The summed E-state index contributed by atoms with van der Waals surface area (Å²) in [4.78, 5) is 24.6. The van der Waals surface area contributed by atoms with E-state index in [2.05, 4.69) is 0 Å². The molecule has 1 aromatic rings. The highest BCUT2D eigenvalue weighted by molar-refractivity contribution is 5.96. The molecule has 128 valence electrons. The molecule has 0 unspecified atom stereocenters. The largest absolute Gasteiger partial charge is 0.478 e. The van der Waals surface area contributed by atoms with Crippen molar-refractivity contribution >= 4 is 11.9 Å². The van der Waals surface area contributed by atoms with Crippen molar-refractivity contribution in [1.82, 2.24) is 4.90 Å². The number of amides is 1. The topological polar surface area (TPSA) is 70.8 Å². The number of rotatable bonds is 7. The van der Waals surface area contributed by atoms with Crippen molar-refractivity contribution in [2.45, 2.75) is 38.8 Å². The monoisotopic (exact) mass is 333 g/mol. The number of carboxylic acids is 1. The number of halogens is 3. The van der Waals surface area contributed by atoms with Crippen molar-refractivity contribution in [1.29, 1.82) is 0 Å². The van der Waals surface area contributed by atoms with E-state index in [-0.39, 0.29) is 36.0 Å². The van der Waals surface area contributed by atoms with Crippen LogP contribution in [-0.2, 0) is 6.42 Å². The van der Waals surface area contributed by atoms with E-state index in [1.165, 1.54) is 0 Å². The van der Waals surface area contributed by atoms with Crippen LogP contribution in [0.1, 0.15) is 52.9 Å². The molecule has 0 atom stereocenters. The van der Waals surface area contributed by atoms with Gasteiger partial charge >= 0.3 is 12.1 Å². The zero-order valence-electron chi connectivity index (χ0n) is 12.7. The third-order valence-corrected chi connectivity index (χ3v) is 3.70. The van der Waals surface area contributed by atoms with Crippen LogP contribution in [0.2, 0.25) is 0 Å². The molecule has 0 radical (unpaired) electrons. The van der Waals surface area contributed by atoms with E-state index in [0.29, 0.717) is 0 Å². The molecule has 0 aliphatic heterocycles. The average Bonchev–Trinajstić information content (AvgIpc) is 3.16. The van der Waals surface area contributed by atoms with Crippen molar-refractivity contribution in [3.8, 4) is 0 Å². The van der Waals surface area contributed by atoms with Crippen LogP contribution >= 0.6 is 0 Å². The highest BCUT2D eigenvalue weighted by Gasteiger charge is 2.33. The minimum Gasteiger partial charge on any atom is -0.478 e. The Labute approximate surface area is 131 Å². The van der Waals surface area contributed by atoms with Gasteiger partial charge in [-0.05, 0) is 18.8 Å². The second-order valence-corrected chi connectivity index (χ2v) is 5.67. The van der Waals surface area contributed by atoms with Gasteiger partial charge in [-0.25, -0.2) is 4.79 Å². The molecular formula is C15H18F3NO4. The molecule has 0 bridgehead atoms. The Bertz CT molecular complexity index is 590. The fraction of sp³-hybridized carbons (Fsp3) is 0.600. The molecule has 0 aromatic carbocycles. The molecule has 23 heavy (non-hydrogen) atoms. The van der Waals surface area contributed by atoms with Crippen molar-refractivity contribution in [2.75, 3.05) is 13.1 Å². The highest BCUT2D eigenvalue weighted by atomic mass is 19.4. The van der Waals surface area contributed by atoms with E-state index >= 15 is 0 Å². The third-order valence-electron chi connectivity index (χ3n) is 3.70. The van der Waals surface area contributed by atoms with Crippen LogP contribution in [0.5, 0.6) is 0 Å². The number of furan rings is 1. The van der Waals surface area contributed by atoms with Gasteiger partial charge < -0.3 is 14.4 Å². The maximum Gasteiger partial charge on any atom is 0.390 e. The number of hydrogen-bond donors (Lipinski definition) is 1. The van der Waals surface area contributed by atoms with Crippen molar-refractivity contribution in [3.05, 3.63) is 23.2 Å². The van der Waals surface area contributed by atoms with Crippen LogP contribution in [0.15, 0.2) is 10.5 Å². The van der Waals surface area contributed by atoms with Crippen LogP contribution < -0.4 is 0 Å². The maximum atomic E-state index is 12.4. The van der Waals surface area contributed by atoms with Crippen LogP contribution in [-0.4, -0.2) is 41.1 Å². The molecule has 1 aromatic heterocycles. The van der Waals surface area contributed by atoms with E-state index in [4.69, 9.17) is 9.52 Å². The molecular weight excluding hydrogens is 315 g/mol. The Hall–Kier alpha value is -1.99. The SMILES string of the molecule is CCc1oc(C(=O)N(CCC(F)(F)F)CC2CC2)cc1C(=O)O. The van der Waals surface area contributed by atoms with Crippen molar-refractivity contribution < 1.29 is 32.3 Å². The lowest BCUT2D eigenvalue weighted by Crippen LogP contribution is -2.35. The standard InChI is InChI=1S/C15H18F3NO4/c1-2-11-10(14(21)22)7-12(23-11)13(20)19(8-9-3-4-9)6-5-15(16,17)18/h7,9H,2-6,8H2,1H3,(H,21,22). The molecule has 5 nitrogen and oxygen atoms in total. The van der Waals surface area contributed by atoms with Crippen LogP contribution in [0.3, 0.4) is 0 Å². The molecule has 1 amide bonds. The number of nitrogens with zero attached hydrogens (tertiary/aromatic N) is 1. The molecule has 0 spiro atoms. The summed E-state index contributed by atoms with van der Waals surface area (Å²) >= 11 is 0. The Morgan fingerprint density at radius 3 is 2.48 bits per heavy atom. The van der Waals surface area contributed by atoms with Crippen LogP contribution in [0, 0.1) is 5.92 Å². The smallest absolute Gasteiger partial charge is 0.390 e. The molecule has 1 saturated carbocycles. The molecule has 1 aliphatic rings. The lowest BCUT2D eigenvalue weighted by molar-refractivity contribution is -0.136. The summed E-state index contributed by atoms with van der Waals surface area (Å²) in [6.07, 6.45) is -3.41. The van der Waals surface area contributed by atoms with E-state index < -0.39 is 31.0 Å². The first-order valence-electron chi connectivity index (χ1n) is 7.43. The highest BCUT2D eigenvalue weighted by Crippen LogP contribution is 2.31. The van der Waals surface area contributed by atoms with Gasteiger partial charge in [-0.3, -0.25) is 4.79 Å². The summed E-state index contributed by atoms with van der Waals surface area (Å²) in [5.41, 5.74) is -0.127. The van der Waals surface area contributed by atoms with Gasteiger partial charge in [-0.1, -0.05) is 6.92 Å². The summed E-state index contributed by atoms with van der Waals surface area (Å²) < 4.78 is 42.5.